The van der Waals surface area contributed by atoms with E-state index in [1.54, 1.807) is 24.3 Å². The molecule has 3 nitrogen and oxygen atoms in total. The molecule has 0 amide bonds. The first kappa shape index (κ1) is 19.3. The molecule has 0 radical (unpaired) electrons. The van der Waals surface area contributed by atoms with E-state index in [0.29, 0.717) is 10.0 Å². The van der Waals surface area contributed by atoms with Gasteiger partial charge in [0.2, 0.25) is 0 Å². The Hall–Kier alpha value is -2.49. The lowest BCUT2D eigenvalue weighted by Crippen LogP contribution is -2.09. The first-order valence-corrected chi connectivity index (χ1v) is 9.36. The zero-order valence-electron chi connectivity index (χ0n) is 14.5. The summed E-state index contributed by atoms with van der Waals surface area (Å²) in [6.07, 6.45) is 0.865. The van der Waals surface area contributed by atoms with Crippen molar-refractivity contribution >= 4 is 34.9 Å². The van der Waals surface area contributed by atoms with Gasteiger partial charge in [0.1, 0.15) is 0 Å². The fourth-order valence-corrected chi connectivity index (χ4v) is 3.26. The third-order valence-corrected chi connectivity index (χ3v) is 4.94. The van der Waals surface area contributed by atoms with Gasteiger partial charge in [-0.1, -0.05) is 47.5 Å². The number of halogens is 2. The van der Waals surface area contributed by atoms with E-state index in [9.17, 15) is 4.79 Å². The van der Waals surface area contributed by atoms with Gasteiger partial charge in [0.15, 0.2) is 0 Å². The minimum atomic E-state index is -0.924. The standard InChI is InChI=1S/C22H19Cl2NO2/c23-18-7-1-15(2-8-18)21(16-3-9-19(24)10-4-16)13-14-25-20-11-5-17(6-12-20)22(26)27/h1-12,21,25H,13-14H2,(H,26,27). The Kier molecular flexibility index (Phi) is 6.38. The predicted octanol–water partition coefficient (Wildman–Crippen LogP) is 6.33. The Morgan fingerprint density at radius 3 is 1.74 bits per heavy atom. The van der Waals surface area contributed by atoms with E-state index in [1.165, 1.54) is 11.1 Å². The van der Waals surface area contributed by atoms with Crippen molar-refractivity contribution in [3.63, 3.8) is 0 Å². The summed E-state index contributed by atoms with van der Waals surface area (Å²) in [6, 6.07) is 22.5. The molecule has 2 N–H and O–H groups in total. The number of hydrogen-bond acceptors (Lipinski definition) is 2. The predicted molar refractivity (Wildman–Crippen MR) is 111 cm³/mol. The van der Waals surface area contributed by atoms with Crippen LogP contribution < -0.4 is 5.32 Å². The number of nitrogens with one attached hydrogen (secondary N) is 1. The fourth-order valence-electron chi connectivity index (χ4n) is 3.01. The molecule has 0 aliphatic heterocycles. The lowest BCUT2D eigenvalue weighted by molar-refractivity contribution is 0.0697. The zero-order chi connectivity index (χ0) is 19.2. The first-order valence-electron chi connectivity index (χ1n) is 8.61. The Morgan fingerprint density at radius 1 is 0.815 bits per heavy atom. The highest BCUT2D eigenvalue weighted by molar-refractivity contribution is 6.30. The van der Waals surface area contributed by atoms with Gasteiger partial charge < -0.3 is 10.4 Å². The second-order valence-corrected chi connectivity index (χ2v) is 7.13. The second kappa shape index (κ2) is 8.94. The van der Waals surface area contributed by atoms with E-state index in [4.69, 9.17) is 28.3 Å². The molecule has 27 heavy (non-hydrogen) atoms. The van der Waals surface area contributed by atoms with Crippen LogP contribution in [-0.4, -0.2) is 17.6 Å². The highest BCUT2D eigenvalue weighted by Crippen LogP contribution is 2.30. The molecule has 0 bridgehead atoms. The van der Waals surface area contributed by atoms with Crippen molar-refractivity contribution in [2.24, 2.45) is 0 Å². The van der Waals surface area contributed by atoms with Gasteiger partial charge in [-0.3, -0.25) is 0 Å². The minimum Gasteiger partial charge on any atom is -0.478 e. The maximum atomic E-state index is 10.9. The summed E-state index contributed by atoms with van der Waals surface area (Å²) in [6.45, 7) is 0.738. The van der Waals surface area contributed by atoms with Gasteiger partial charge in [0, 0.05) is 28.2 Å². The van der Waals surface area contributed by atoms with Crippen molar-refractivity contribution in [3.8, 4) is 0 Å². The van der Waals surface area contributed by atoms with E-state index in [1.807, 2.05) is 48.5 Å². The molecule has 0 saturated heterocycles. The van der Waals surface area contributed by atoms with Crippen LogP contribution in [0.3, 0.4) is 0 Å². The molecule has 0 fully saturated rings. The van der Waals surface area contributed by atoms with Gasteiger partial charge in [-0.25, -0.2) is 4.79 Å². The number of benzene rings is 3. The molecule has 138 valence electrons. The van der Waals surface area contributed by atoms with Crippen LogP contribution >= 0.6 is 23.2 Å². The Balaban J connectivity index is 1.72. The normalized spacial score (nSPS) is 10.8. The highest BCUT2D eigenvalue weighted by atomic mass is 35.5. The van der Waals surface area contributed by atoms with E-state index < -0.39 is 5.97 Å². The summed E-state index contributed by atoms with van der Waals surface area (Å²) in [5.74, 6) is -0.725. The van der Waals surface area contributed by atoms with E-state index in [-0.39, 0.29) is 11.5 Å². The van der Waals surface area contributed by atoms with Gasteiger partial charge in [-0.2, -0.15) is 0 Å². The van der Waals surface area contributed by atoms with Gasteiger partial charge in [-0.05, 0) is 66.1 Å². The topological polar surface area (TPSA) is 49.3 Å². The molecule has 3 rings (SSSR count). The van der Waals surface area contributed by atoms with E-state index >= 15 is 0 Å². The molecular formula is C22H19Cl2NO2. The molecule has 0 unspecified atom stereocenters. The van der Waals surface area contributed by atoms with E-state index in [0.717, 1.165) is 18.7 Å². The monoisotopic (exact) mass is 399 g/mol. The average molecular weight is 400 g/mol. The number of anilines is 1. The molecule has 0 spiro atoms. The third kappa shape index (κ3) is 5.25. The molecular weight excluding hydrogens is 381 g/mol. The van der Waals surface area contributed by atoms with Crippen molar-refractivity contribution < 1.29 is 9.90 Å². The second-order valence-electron chi connectivity index (χ2n) is 6.25. The first-order chi connectivity index (χ1) is 13.0. The van der Waals surface area contributed by atoms with E-state index in [2.05, 4.69) is 5.32 Å². The summed E-state index contributed by atoms with van der Waals surface area (Å²) >= 11 is 12.1. The van der Waals surface area contributed by atoms with Crippen LogP contribution in [0.1, 0.15) is 33.8 Å². The maximum Gasteiger partial charge on any atom is 0.335 e. The lowest BCUT2D eigenvalue weighted by Gasteiger charge is -2.19. The zero-order valence-corrected chi connectivity index (χ0v) is 16.0. The summed E-state index contributed by atoms with van der Waals surface area (Å²) in [5, 5.41) is 13.8. The Morgan fingerprint density at radius 2 is 1.30 bits per heavy atom. The number of carbonyl (C=O) groups is 1. The van der Waals surface area contributed by atoms with Crippen LogP contribution in [0.25, 0.3) is 0 Å². The van der Waals surface area contributed by atoms with Crippen molar-refractivity contribution in [1.82, 2.24) is 0 Å². The van der Waals surface area contributed by atoms with Gasteiger partial charge in [0.05, 0.1) is 5.56 Å². The number of rotatable bonds is 7. The van der Waals surface area contributed by atoms with Gasteiger partial charge >= 0.3 is 5.97 Å². The molecule has 0 aliphatic rings. The molecule has 0 aliphatic carbocycles. The molecule has 0 aromatic heterocycles. The van der Waals surface area contributed by atoms with Crippen LogP contribution in [0.2, 0.25) is 10.0 Å². The summed E-state index contributed by atoms with van der Waals surface area (Å²) in [4.78, 5) is 10.9. The fraction of sp³-hybridized carbons (Fsp3) is 0.136. The van der Waals surface area contributed by atoms with Crippen LogP contribution in [0.5, 0.6) is 0 Å². The number of carboxylic acid groups (broad SMARTS) is 1. The van der Waals surface area contributed by atoms with Crippen molar-refractivity contribution in [2.75, 3.05) is 11.9 Å². The molecule has 0 atom stereocenters. The molecule has 3 aromatic rings. The van der Waals surface area contributed by atoms with Gasteiger partial charge in [-0.15, -0.1) is 0 Å². The number of aromatic carboxylic acids is 1. The van der Waals surface area contributed by atoms with Crippen LogP contribution in [-0.2, 0) is 0 Å². The molecule has 3 aromatic carbocycles. The third-order valence-electron chi connectivity index (χ3n) is 4.44. The SMILES string of the molecule is O=C(O)c1ccc(NCCC(c2ccc(Cl)cc2)c2ccc(Cl)cc2)cc1. The molecule has 0 heterocycles. The number of hydrogen-bond donors (Lipinski definition) is 2. The summed E-state index contributed by atoms with van der Waals surface area (Å²) < 4.78 is 0. The molecule has 5 heteroatoms. The van der Waals surface area contributed by atoms with Crippen LogP contribution in [0.4, 0.5) is 5.69 Å². The highest BCUT2D eigenvalue weighted by Gasteiger charge is 2.14. The van der Waals surface area contributed by atoms with Gasteiger partial charge in [0.25, 0.3) is 0 Å². The smallest absolute Gasteiger partial charge is 0.335 e. The van der Waals surface area contributed by atoms with Crippen LogP contribution in [0, 0.1) is 0 Å². The van der Waals surface area contributed by atoms with Crippen molar-refractivity contribution in [2.45, 2.75) is 12.3 Å². The summed E-state index contributed by atoms with van der Waals surface area (Å²) in [5.41, 5.74) is 3.54. The van der Waals surface area contributed by atoms with Crippen molar-refractivity contribution in [3.05, 3.63) is 99.5 Å². The Bertz CT molecular complexity index is 846. The van der Waals surface area contributed by atoms with Crippen LogP contribution in [0.15, 0.2) is 72.8 Å². The number of carboxylic acids is 1. The van der Waals surface area contributed by atoms with Crippen molar-refractivity contribution in [1.29, 1.82) is 0 Å². The quantitative estimate of drug-likeness (QED) is 0.488. The largest absolute Gasteiger partial charge is 0.478 e. The molecule has 0 saturated carbocycles. The maximum absolute atomic E-state index is 10.9. The minimum absolute atomic E-state index is 0.199. The Labute approximate surface area is 168 Å². The summed E-state index contributed by atoms with van der Waals surface area (Å²) in [7, 11) is 0. The average Bonchev–Trinajstić information content (AvgIpc) is 2.67. The lowest BCUT2D eigenvalue weighted by atomic mass is 9.88.